The zero-order valence-corrected chi connectivity index (χ0v) is 12.6. The maximum absolute atomic E-state index is 5.90. The first kappa shape index (κ1) is 13.6. The van der Waals surface area contributed by atoms with Crippen molar-refractivity contribution in [2.45, 2.75) is 69.7 Å². The molecule has 0 spiro atoms. The van der Waals surface area contributed by atoms with Gasteiger partial charge in [0.1, 0.15) is 0 Å². The van der Waals surface area contributed by atoms with E-state index in [0.717, 1.165) is 5.92 Å². The lowest BCUT2D eigenvalue weighted by molar-refractivity contribution is 0.270. The summed E-state index contributed by atoms with van der Waals surface area (Å²) in [5.41, 5.74) is 4.75. The Hall–Kier alpha value is -0.380. The average Bonchev–Trinajstić information content (AvgIpc) is 2.94. The molecule has 2 nitrogen and oxygen atoms in total. The molecule has 2 aliphatic rings. The van der Waals surface area contributed by atoms with Gasteiger partial charge in [0.2, 0.25) is 0 Å². The van der Waals surface area contributed by atoms with E-state index in [-0.39, 0.29) is 0 Å². The number of aryl methyl sites for hydroxylation is 1. The van der Waals surface area contributed by atoms with Crippen LogP contribution in [0.1, 0.15) is 67.7 Å². The maximum atomic E-state index is 5.90. The van der Waals surface area contributed by atoms with Crippen molar-refractivity contribution in [3.8, 4) is 0 Å². The Labute approximate surface area is 120 Å². The van der Waals surface area contributed by atoms with Gasteiger partial charge in [-0.25, -0.2) is 0 Å². The predicted octanol–water partition coefficient (Wildman–Crippen LogP) is 3.97. The molecule has 0 aromatic carbocycles. The van der Waals surface area contributed by atoms with Crippen LogP contribution in [-0.2, 0) is 6.42 Å². The average molecular weight is 278 g/mol. The van der Waals surface area contributed by atoms with Crippen LogP contribution in [0, 0.1) is 5.92 Å². The SMILES string of the molecule is NNC(CC1CCCCC1)C1CCCc2sccc21. The number of nitrogens with one attached hydrogen (secondary N) is 1. The van der Waals surface area contributed by atoms with Crippen LogP contribution in [0.4, 0.5) is 0 Å². The van der Waals surface area contributed by atoms with Crippen LogP contribution < -0.4 is 11.3 Å². The summed E-state index contributed by atoms with van der Waals surface area (Å²) in [4.78, 5) is 1.61. The van der Waals surface area contributed by atoms with E-state index in [9.17, 15) is 0 Å². The lowest BCUT2D eigenvalue weighted by Gasteiger charge is -2.33. The monoisotopic (exact) mass is 278 g/mol. The Morgan fingerprint density at radius 2 is 2.05 bits per heavy atom. The molecule has 2 atom stereocenters. The summed E-state index contributed by atoms with van der Waals surface area (Å²) in [6.07, 6.45) is 12.3. The Balaban J connectivity index is 1.69. The Kier molecular flexibility index (Phi) is 4.57. The number of hydrogen-bond donors (Lipinski definition) is 2. The third kappa shape index (κ3) is 3.04. The molecule has 1 aromatic heterocycles. The molecule has 1 aromatic rings. The normalized spacial score (nSPS) is 26.1. The smallest absolute Gasteiger partial charge is 0.0282 e. The van der Waals surface area contributed by atoms with Gasteiger partial charge in [-0.1, -0.05) is 32.1 Å². The fourth-order valence-corrected chi connectivity index (χ4v) is 5.07. The molecule has 0 amide bonds. The summed E-state index contributed by atoms with van der Waals surface area (Å²) >= 11 is 1.93. The van der Waals surface area contributed by atoms with Gasteiger partial charge in [-0.15, -0.1) is 11.3 Å². The van der Waals surface area contributed by atoms with E-state index in [1.165, 1.54) is 57.8 Å². The molecule has 1 saturated carbocycles. The van der Waals surface area contributed by atoms with Crippen LogP contribution in [0.25, 0.3) is 0 Å². The first-order valence-corrected chi connectivity index (χ1v) is 8.79. The molecular weight excluding hydrogens is 252 g/mol. The summed E-state index contributed by atoms with van der Waals surface area (Å²) in [5, 5.41) is 2.26. The van der Waals surface area contributed by atoms with Crippen LogP contribution in [0.15, 0.2) is 11.4 Å². The largest absolute Gasteiger partial charge is 0.271 e. The minimum Gasteiger partial charge on any atom is -0.271 e. The molecule has 0 bridgehead atoms. The van der Waals surface area contributed by atoms with Gasteiger partial charge in [-0.2, -0.15) is 0 Å². The van der Waals surface area contributed by atoms with Crippen LogP contribution in [0.3, 0.4) is 0 Å². The Morgan fingerprint density at radius 3 is 2.84 bits per heavy atom. The van der Waals surface area contributed by atoms with Crippen LogP contribution in [0.5, 0.6) is 0 Å². The zero-order valence-electron chi connectivity index (χ0n) is 11.7. The first-order valence-electron chi connectivity index (χ1n) is 7.91. The van der Waals surface area contributed by atoms with Gasteiger partial charge in [0.25, 0.3) is 0 Å². The highest BCUT2D eigenvalue weighted by Gasteiger charge is 2.30. The van der Waals surface area contributed by atoms with Crippen molar-refractivity contribution in [2.75, 3.05) is 0 Å². The van der Waals surface area contributed by atoms with Crippen molar-refractivity contribution in [1.82, 2.24) is 5.43 Å². The van der Waals surface area contributed by atoms with Crippen LogP contribution in [0.2, 0.25) is 0 Å². The standard InChI is InChI=1S/C16H26N2S/c17-18-15(11-12-5-2-1-3-6-12)13-7-4-8-16-14(13)9-10-19-16/h9-10,12-13,15,18H,1-8,11,17H2. The minimum absolute atomic E-state index is 0.483. The molecular formula is C16H26N2S. The summed E-state index contributed by atoms with van der Waals surface area (Å²) in [7, 11) is 0. The molecule has 2 aliphatic carbocycles. The zero-order chi connectivity index (χ0) is 13.1. The summed E-state index contributed by atoms with van der Waals surface area (Å²) in [6.45, 7) is 0. The summed E-state index contributed by atoms with van der Waals surface area (Å²) < 4.78 is 0. The summed E-state index contributed by atoms with van der Waals surface area (Å²) in [6, 6.07) is 2.83. The van der Waals surface area contributed by atoms with Crippen LogP contribution in [-0.4, -0.2) is 6.04 Å². The van der Waals surface area contributed by atoms with E-state index in [1.807, 2.05) is 11.3 Å². The molecule has 19 heavy (non-hydrogen) atoms. The van der Waals surface area contributed by atoms with E-state index in [1.54, 1.807) is 10.4 Å². The van der Waals surface area contributed by atoms with E-state index in [0.29, 0.717) is 12.0 Å². The van der Waals surface area contributed by atoms with Gasteiger partial charge in [0, 0.05) is 16.8 Å². The molecule has 0 aliphatic heterocycles. The van der Waals surface area contributed by atoms with Gasteiger partial charge in [-0.05, 0) is 48.6 Å². The highest BCUT2D eigenvalue weighted by Crippen LogP contribution is 2.39. The quantitative estimate of drug-likeness (QED) is 0.646. The second kappa shape index (κ2) is 6.38. The number of hydrazine groups is 1. The number of rotatable bonds is 4. The van der Waals surface area contributed by atoms with Crippen molar-refractivity contribution in [3.05, 3.63) is 21.9 Å². The van der Waals surface area contributed by atoms with Crippen molar-refractivity contribution in [1.29, 1.82) is 0 Å². The van der Waals surface area contributed by atoms with E-state index in [4.69, 9.17) is 5.84 Å². The minimum atomic E-state index is 0.483. The van der Waals surface area contributed by atoms with Gasteiger partial charge in [0.15, 0.2) is 0 Å². The van der Waals surface area contributed by atoms with Gasteiger partial charge < -0.3 is 0 Å². The molecule has 3 heteroatoms. The fraction of sp³-hybridized carbons (Fsp3) is 0.750. The molecule has 1 fully saturated rings. The third-order valence-electron chi connectivity index (χ3n) is 5.11. The molecule has 3 rings (SSSR count). The topological polar surface area (TPSA) is 38.0 Å². The first-order chi connectivity index (χ1) is 9.38. The molecule has 0 saturated heterocycles. The van der Waals surface area contributed by atoms with Crippen molar-refractivity contribution in [3.63, 3.8) is 0 Å². The van der Waals surface area contributed by atoms with E-state index in [2.05, 4.69) is 16.9 Å². The van der Waals surface area contributed by atoms with Crippen molar-refractivity contribution in [2.24, 2.45) is 11.8 Å². The third-order valence-corrected chi connectivity index (χ3v) is 6.11. The highest BCUT2D eigenvalue weighted by atomic mass is 32.1. The number of fused-ring (bicyclic) bond motifs is 1. The Bertz CT molecular complexity index is 395. The van der Waals surface area contributed by atoms with Gasteiger partial charge in [-0.3, -0.25) is 11.3 Å². The predicted molar refractivity (Wildman–Crippen MR) is 82.3 cm³/mol. The summed E-state index contributed by atoms with van der Waals surface area (Å²) in [5.74, 6) is 7.46. The second-order valence-corrected chi connectivity index (χ2v) is 7.31. The lowest BCUT2D eigenvalue weighted by Crippen LogP contribution is -2.42. The van der Waals surface area contributed by atoms with Crippen LogP contribution >= 0.6 is 11.3 Å². The van der Waals surface area contributed by atoms with Crippen molar-refractivity contribution < 1.29 is 0 Å². The number of hydrogen-bond acceptors (Lipinski definition) is 3. The fourth-order valence-electron chi connectivity index (χ4n) is 4.07. The second-order valence-electron chi connectivity index (χ2n) is 6.31. The van der Waals surface area contributed by atoms with E-state index >= 15 is 0 Å². The van der Waals surface area contributed by atoms with E-state index < -0.39 is 0 Å². The molecule has 106 valence electrons. The van der Waals surface area contributed by atoms with Crippen molar-refractivity contribution >= 4 is 11.3 Å². The van der Waals surface area contributed by atoms with Gasteiger partial charge in [0.05, 0.1) is 0 Å². The Morgan fingerprint density at radius 1 is 1.21 bits per heavy atom. The molecule has 2 unspecified atom stereocenters. The number of thiophene rings is 1. The van der Waals surface area contributed by atoms with Gasteiger partial charge >= 0.3 is 0 Å². The molecule has 3 N–H and O–H groups in total. The highest BCUT2D eigenvalue weighted by molar-refractivity contribution is 7.10. The molecule has 1 heterocycles. The lowest BCUT2D eigenvalue weighted by atomic mass is 9.76. The number of nitrogens with two attached hydrogens (primary N) is 1. The maximum Gasteiger partial charge on any atom is 0.0282 e. The molecule has 0 radical (unpaired) electrons.